The summed E-state index contributed by atoms with van der Waals surface area (Å²) in [7, 11) is 1.50. The number of hydrogen-bond acceptors (Lipinski definition) is 5. The number of nitrogens with one attached hydrogen (secondary N) is 2. The van der Waals surface area contributed by atoms with Crippen molar-refractivity contribution in [2.45, 2.75) is 30.7 Å². The van der Waals surface area contributed by atoms with Gasteiger partial charge in [-0.15, -0.1) is 0 Å². The van der Waals surface area contributed by atoms with Crippen LogP contribution in [0.25, 0.3) is 0 Å². The van der Waals surface area contributed by atoms with Crippen molar-refractivity contribution in [2.24, 2.45) is 0 Å². The molecule has 0 spiro atoms. The van der Waals surface area contributed by atoms with Crippen LogP contribution in [0.1, 0.15) is 25.0 Å². The summed E-state index contributed by atoms with van der Waals surface area (Å²) < 4.78 is 38.2. The maximum atomic E-state index is 12.7. The number of halogens is 3. The second-order valence-electron chi connectivity index (χ2n) is 4.58. The molecule has 1 aliphatic heterocycles. The Morgan fingerprint density at radius 3 is 2.75 bits per heavy atom. The zero-order valence-corrected chi connectivity index (χ0v) is 11.9. The van der Waals surface area contributed by atoms with E-state index in [-0.39, 0.29) is 11.8 Å². The summed E-state index contributed by atoms with van der Waals surface area (Å²) in [6, 6.07) is 0.953. The van der Waals surface area contributed by atoms with E-state index in [4.69, 9.17) is 0 Å². The van der Waals surface area contributed by atoms with E-state index in [9.17, 15) is 13.2 Å². The summed E-state index contributed by atoms with van der Waals surface area (Å²) in [5.74, 6) is 1.30. The van der Waals surface area contributed by atoms with Gasteiger partial charge < -0.3 is 10.6 Å². The molecule has 1 atom stereocenters. The maximum Gasteiger partial charge on any atom is 0.433 e. The van der Waals surface area contributed by atoms with Gasteiger partial charge >= 0.3 is 6.18 Å². The monoisotopic (exact) mass is 306 g/mol. The van der Waals surface area contributed by atoms with Gasteiger partial charge in [-0.25, -0.2) is 4.98 Å². The van der Waals surface area contributed by atoms with Crippen LogP contribution in [0, 0.1) is 0 Å². The fourth-order valence-electron chi connectivity index (χ4n) is 1.98. The molecule has 0 aromatic carbocycles. The van der Waals surface area contributed by atoms with Crippen molar-refractivity contribution in [3.05, 3.63) is 11.8 Å². The molecule has 0 saturated carbocycles. The van der Waals surface area contributed by atoms with Gasteiger partial charge in [0.15, 0.2) is 5.69 Å². The highest BCUT2D eigenvalue weighted by Gasteiger charge is 2.33. The highest BCUT2D eigenvalue weighted by Crippen LogP contribution is 2.30. The van der Waals surface area contributed by atoms with Gasteiger partial charge in [-0.3, -0.25) is 0 Å². The molecule has 4 nitrogen and oxygen atoms in total. The van der Waals surface area contributed by atoms with Crippen molar-refractivity contribution >= 4 is 23.5 Å². The molecule has 0 radical (unpaired) electrons. The zero-order chi connectivity index (χ0) is 14.6. The first-order valence-corrected chi connectivity index (χ1v) is 7.53. The van der Waals surface area contributed by atoms with E-state index in [1.807, 2.05) is 11.8 Å². The van der Waals surface area contributed by atoms with Crippen LogP contribution < -0.4 is 10.6 Å². The van der Waals surface area contributed by atoms with Crippen LogP contribution in [-0.4, -0.2) is 34.6 Å². The van der Waals surface area contributed by atoms with Crippen molar-refractivity contribution in [1.82, 2.24) is 9.97 Å². The first-order chi connectivity index (χ1) is 9.49. The third-order valence-electron chi connectivity index (χ3n) is 3.03. The van der Waals surface area contributed by atoms with E-state index in [1.165, 1.54) is 19.9 Å². The molecule has 1 fully saturated rings. The molecule has 1 unspecified atom stereocenters. The first-order valence-electron chi connectivity index (χ1n) is 6.48. The minimum atomic E-state index is -4.47. The zero-order valence-electron chi connectivity index (χ0n) is 11.1. The quantitative estimate of drug-likeness (QED) is 0.894. The topological polar surface area (TPSA) is 49.8 Å². The Hall–Kier alpha value is -1.18. The Kier molecular flexibility index (Phi) is 4.95. The summed E-state index contributed by atoms with van der Waals surface area (Å²) in [6.45, 7) is 0.627. The predicted molar refractivity (Wildman–Crippen MR) is 75.2 cm³/mol. The van der Waals surface area contributed by atoms with Crippen LogP contribution in [-0.2, 0) is 6.18 Å². The lowest BCUT2D eigenvalue weighted by atomic mass is 10.2. The lowest BCUT2D eigenvalue weighted by Crippen LogP contribution is -2.21. The molecule has 8 heteroatoms. The van der Waals surface area contributed by atoms with Gasteiger partial charge in [-0.1, -0.05) is 6.42 Å². The highest BCUT2D eigenvalue weighted by molar-refractivity contribution is 7.99. The number of thioether (sulfide) groups is 1. The molecule has 2 heterocycles. The molecule has 1 saturated heterocycles. The normalized spacial score (nSPS) is 19.7. The smallest absolute Gasteiger partial charge is 0.369 e. The Morgan fingerprint density at radius 2 is 2.15 bits per heavy atom. The Labute approximate surface area is 120 Å². The predicted octanol–water partition coefficient (Wildman–Crippen LogP) is 3.23. The molecular formula is C12H17F3N4S. The fourth-order valence-corrected chi connectivity index (χ4v) is 3.22. The molecule has 1 aromatic rings. The summed E-state index contributed by atoms with van der Waals surface area (Å²) in [5, 5.41) is 5.98. The second kappa shape index (κ2) is 6.51. The standard InChI is InChI=1S/C12H17F3N4S/c1-16-11-18-9(12(13,14)15)6-10(19-11)17-7-8-4-2-3-5-20-8/h6,8H,2-5,7H2,1H3,(H2,16,17,18,19). The SMILES string of the molecule is CNc1nc(NCC2CCCCS2)cc(C(F)(F)F)n1. The number of anilines is 2. The minimum Gasteiger partial charge on any atom is -0.369 e. The van der Waals surface area contributed by atoms with Crippen molar-refractivity contribution in [1.29, 1.82) is 0 Å². The number of aromatic nitrogens is 2. The molecule has 0 aliphatic carbocycles. The number of hydrogen-bond donors (Lipinski definition) is 2. The number of rotatable bonds is 4. The van der Waals surface area contributed by atoms with Gasteiger partial charge in [0.1, 0.15) is 5.82 Å². The molecule has 20 heavy (non-hydrogen) atoms. The van der Waals surface area contributed by atoms with E-state index in [0.717, 1.165) is 18.2 Å². The van der Waals surface area contributed by atoms with E-state index < -0.39 is 11.9 Å². The molecule has 2 N–H and O–H groups in total. The lowest BCUT2D eigenvalue weighted by molar-refractivity contribution is -0.141. The van der Waals surface area contributed by atoms with Gasteiger partial charge in [-0.2, -0.15) is 29.9 Å². The van der Waals surface area contributed by atoms with Crippen LogP contribution in [0.2, 0.25) is 0 Å². The van der Waals surface area contributed by atoms with Crippen molar-refractivity contribution in [3.63, 3.8) is 0 Å². The summed E-state index contributed by atoms with van der Waals surface area (Å²) in [4.78, 5) is 7.43. The average molecular weight is 306 g/mol. The molecule has 0 amide bonds. The van der Waals surface area contributed by atoms with Crippen LogP contribution in [0.5, 0.6) is 0 Å². The van der Waals surface area contributed by atoms with Crippen LogP contribution >= 0.6 is 11.8 Å². The van der Waals surface area contributed by atoms with E-state index in [2.05, 4.69) is 20.6 Å². The first kappa shape index (κ1) is 15.2. The van der Waals surface area contributed by atoms with Gasteiger partial charge in [0.2, 0.25) is 5.95 Å². The molecule has 1 aliphatic rings. The maximum absolute atomic E-state index is 12.7. The van der Waals surface area contributed by atoms with E-state index in [1.54, 1.807) is 0 Å². The summed E-state index contributed by atoms with van der Waals surface area (Å²) in [5.41, 5.74) is -0.935. The molecule has 2 rings (SSSR count). The number of nitrogens with zero attached hydrogens (tertiary/aromatic N) is 2. The molecule has 112 valence electrons. The Balaban J connectivity index is 2.06. The van der Waals surface area contributed by atoms with Gasteiger partial charge in [0.05, 0.1) is 0 Å². The third-order valence-corrected chi connectivity index (χ3v) is 4.42. The molecular weight excluding hydrogens is 289 g/mol. The van der Waals surface area contributed by atoms with Crippen LogP contribution in [0.4, 0.5) is 24.9 Å². The summed E-state index contributed by atoms with van der Waals surface area (Å²) in [6.07, 6.45) is -0.978. The average Bonchev–Trinajstić information content (AvgIpc) is 2.45. The van der Waals surface area contributed by atoms with Crippen LogP contribution in [0.3, 0.4) is 0 Å². The van der Waals surface area contributed by atoms with Crippen LogP contribution in [0.15, 0.2) is 6.07 Å². The number of alkyl halides is 3. The molecule has 0 bridgehead atoms. The lowest BCUT2D eigenvalue weighted by Gasteiger charge is -2.22. The third kappa shape index (κ3) is 4.16. The summed E-state index contributed by atoms with van der Waals surface area (Å²) >= 11 is 1.86. The minimum absolute atomic E-state index is 0.0291. The van der Waals surface area contributed by atoms with Gasteiger partial charge in [0.25, 0.3) is 0 Å². The molecule has 1 aromatic heterocycles. The second-order valence-corrected chi connectivity index (χ2v) is 5.99. The Bertz CT molecular complexity index is 447. The van der Waals surface area contributed by atoms with Gasteiger partial charge in [-0.05, 0) is 18.6 Å². The highest BCUT2D eigenvalue weighted by atomic mass is 32.2. The van der Waals surface area contributed by atoms with Crippen molar-refractivity contribution in [3.8, 4) is 0 Å². The van der Waals surface area contributed by atoms with E-state index in [0.29, 0.717) is 11.8 Å². The largest absolute Gasteiger partial charge is 0.433 e. The van der Waals surface area contributed by atoms with Crippen molar-refractivity contribution in [2.75, 3.05) is 30.0 Å². The van der Waals surface area contributed by atoms with Gasteiger partial charge in [0, 0.05) is 24.9 Å². The Morgan fingerprint density at radius 1 is 1.35 bits per heavy atom. The fraction of sp³-hybridized carbons (Fsp3) is 0.667. The van der Waals surface area contributed by atoms with Crippen molar-refractivity contribution < 1.29 is 13.2 Å². The van der Waals surface area contributed by atoms with E-state index >= 15 is 0 Å².